The Morgan fingerprint density at radius 1 is 1.17 bits per heavy atom. The van der Waals surface area contributed by atoms with Crippen LogP contribution in [-0.2, 0) is 4.79 Å². The summed E-state index contributed by atoms with van der Waals surface area (Å²) in [5.41, 5.74) is 8.18. The molecule has 3 N–H and O–H groups in total. The topological polar surface area (TPSA) is 118 Å². The van der Waals surface area contributed by atoms with Crippen LogP contribution in [0.15, 0.2) is 64.4 Å². The number of aliphatic imine (C=N–C) groups is 1. The Morgan fingerprint density at radius 2 is 1.97 bits per heavy atom. The number of carbonyl (C=O) groups excluding carboxylic acids is 1. The van der Waals surface area contributed by atoms with Crippen molar-refractivity contribution >= 4 is 52.7 Å². The van der Waals surface area contributed by atoms with Gasteiger partial charge < -0.3 is 16.0 Å². The zero-order valence-corrected chi connectivity index (χ0v) is 20.3. The van der Waals surface area contributed by atoms with Gasteiger partial charge in [-0.1, -0.05) is 41.9 Å². The molecule has 0 aliphatic carbocycles. The lowest BCUT2D eigenvalue weighted by atomic mass is 10.0. The molecule has 4 aromatic rings. The minimum Gasteiger partial charge on any atom is -0.368 e. The van der Waals surface area contributed by atoms with E-state index >= 15 is 0 Å². The van der Waals surface area contributed by atoms with Crippen molar-refractivity contribution in [3.8, 4) is 5.69 Å². The van der Waals surface area contributed by atoms with Gasteiger partial charge in [-0.2, -0.15) is 9.97 Å². The van der Waals surface area contributed by atoms with Crippen LogP contribution >= 0.6 is 11.6 Å². The highest BCUT2D eigenvalue weighted by Crippen LogP contribution is 2.40. The zero-order valence-electron chi connectivity index (χ0n) is 19.6. The summed E-state index contributed by atoms with van der Waals surface area (Å²) in [6, 6.07) is 16.9. The molecule has 1 atom stereocenters. The number of pyridine rings is 1. The second-order valence-electron chi connectivity index (χ2n) is 8.50. The predicted molar refractivity (Wildman–Crippen MR) is 142 cm³/mol. The Morgan fingerprint density at radius 3 is 2.75 bits per heavy atom. The van der Waals surface area contributed by atoms with Crippen molar-refractivity contribution in [2.75, 3.05) is 17.2 Å². The van der Waals surface area contributed by atoms with E-state index in [0.29, 0.717) is 35.0 Å². The number of rotatable bonds is 6. The summed E-state index contributed by atoms with van der Waals surface area (Å²) in [5, 5.41) is 4.07. The Bertz CT molecular complexity index is 1540. The molecular weight excluding hydrogens is 478 g/mol. The number of nitrogens with one attached hydrogen (secondary N) is 1. The highest BCUT2D eigenvalue weighted by atomic mass is 35.5. The number of para-hydroxylation sites is 1. The second kappa shape index (κ2) is 9.79. The number of halogens is 1. The maximum atomic E-state index is 13.9. The van der Waals surface area contributed by atoms with E-state index in [0.717, 1.165) is 35.2 Å². The highest BCUT2D eigenvalue weighted by molar-refractivity contribution is 6.35. The SMILES string of the molecule is Cc1c(N=CNC=O)nc(N)nc1N1CCCC1c1cc2cccc(Cl)c2c(=O)n1-c1ccccc1. The minimum absolute atomic E-state index is 0.0743. The number of hydrogen-bond acceptors (Lipinski definition) is 7. The molecule has 2 aromatic heterocycles. The smallest absolute Gasteiger partial charge is 0.264 e. The summed E-state index contributed by atoms with van der Waals surface area (Å²) in [6.07, 6.45) is 3.49. The third kappa shape index (κ3) is 4.18. The Hall–Kier alpha value is -4.24. The molecule has 1 aliphatic rings. The maximum absolute atomic E-state index is 13.9. The molecule has 0 bridgehead atoms. The molecule has 5 rings (SSSR count). The van der Waals surface area contributed by atoms with Gasteiger partial charge in [0.05, 0.1) is 22.8 Å². The van der Waals surface area contributed by atoms with Crippen LogP contribution in [0.25, 0.3) is 16.5 Å². The lowest BCUT2D eigenvalue weighted by molar-refractivity contribution is -0.108. The first-order valence-corrected chi connectivity index (χ1v) is 11.9. The largest absolute Gasteiger partial charge is 0.368 e. The number of aromatic nitrogens is 3. The van der Waals surface area contributed by atoms with Gasteiger partial charge in [0.1, 0.15) is 5.82 Å². The van der Waals surface area contributed by atoms with Crippen LogP contribution in [0, 0.1) is 6.92 Å². The molecule has 1 amide bonds. The zero-order chi connectivity index (χ0) is 25.2. The average molecular weight is 502 g/mol. The number of nitrogen functional groups attached to an aromatic ring is 1. The fourth-order valence-corrected chi connectivity index (χ4v) is 5.06. The molecule has 0 radical (unpaired) electrons. The molecule has 0 saturated carbocycles. The lowest BCUT2D eigenvalue weighted by Crippen LogP contribution is -2.31. The second-order valence-corrected chi connectivity index (χ2v) is 8.90. The van der Waals surface area contributed by atoms with Gasteiger partial charge in [-0.3, -0.25) is 14.2 Å². The number of carbonyl (C=O) groups is 1. The molecule has 1 aliphatic heterocycles. The van der Waals surface area contributed by atoms with Gasteiger partial charge >= 0.3 is 0 Å². The molecule has 1 saturated heterocycles. The van der Waals surface area contributed by atoms with Crippen LogP contribution < -0.4 is 21.5 Å². The summed E-state index contributed by atoms with van der Waals surface area (Å²) >= 11 is 6.47. The first-order valence-electron chi connectivity index (χ1n) is 11.5. The molecule has 1 fully saturated rings. The van der Waals surface area contributed by atoms with Crippen LogP contribution in [0.3, 0.4) is 0 Å². The molecule has 3 heterocycles. The molecule has 36 heavy (non-hydrogen) atoms. The highest BCUT2D eigenvalue weighted by Gasteiger charge is 2.32. The minimum atomic E-state index is -0.171. The molecule has 2 aromatic carbocycles. The van der Waals surface area contributed by atoms with Crippen LogP contribution in [0.2, 0.25) is 5.02 Å². The summed E-state index contributed by atoms with van der Waals surface area (Å²) < 4.78 is 1.74. The third-order valence-corrected chi connectivity index (χ3v) is 6.66. The fraction of sp³-hybridized carbons (Fsp3) is 0.192. The number of nitrogens with two attached hydrogens (primary N) is 1. The van der Waals surface area contributed by atoms with Crippen molar-refractivity contribution in [2.24, 2.45) is 4.99 Å². The third-order valence-electron chi connectivity index (χ3n) is 6.35. The number of hydrogen-bond donors (Lipinski definition) is 2. The molecule has 182 valence electrons. The summed E-state index contributed by atoms with van der Waals surface area (Å²) in [6.45, 7) is 2.58. The van der Waals surface area contributed by atoms with Gasteiger partial charge in [-0.05, 0) is 49.4 Å². The molecule has 9 nitrogen and oxygen atoms in total. The van der Waals surface area contributed by atoms with Gasteiger partial charge in [-0.15, -0.1) is 0 Å². The monoisotopic (exact) mass is 501 g/mol. The van der Waals surface area contributed by atoms with Crippen LogP contribution in [-0.4, -0.2) is 33.8 Å². The quantitative estimate of drug-likeness (QED) is 0.233. The van der Waals surface area contributed by atoms with E-state index in [2.05, 4.69) is 25.2 Å². The Balaban J connectivity index is 1.71. The number of anilines is 2. The Kier molecular flexibility index (Phi) is 6.39. The van der Waals surface area contributed by atoms with Crippen molar-refractivity contribution in [2.45, 2.75) is 25.8 Å². The standard InChI is InChI=1S/C26H24ClN7O2/c1-16-23(30-14-29-15-35)31-26(28)32-24(16)33-12-6-11-20(33)21-13-17-7-5-10-19(27)22(17)25(36)34(21)18-8-3-2-4-9-18/h2-5,7-10,13-15,20H,6,11-12H2,1H3,(H3,28,29,30,31,32,35). The van der Waals surface area contributed by atoms with E-state index in [9.17, 15) is 9.59 Å². The number of benzene rings is 2. The number of amides is 1. The lowest BCUT2D eigenvalue weighted by Gasteiger charge is -2.30. The first-order chi connectivity index (χ1) is 17.5. The number of nitrogens with zero attached hydrogens (tertiary/aromatic N) is 5. The van der Waals surface area contributed by atoms with E-state index < -0.39 is 0 Å². The first kappa shape index (κ1) is 23.5. The Labute approximate surface area is 212 Å². The van der Waals surface area contributed by atoms with Crippen LogP contribution in [0.4, 0.5) is 17.6 Å². The van der Waals surface area contributed by atoms with Crippen molar-refractivity contribution in [1.82, 2.24) is 19.9 Å². The van der Waals surface area contributed by atoms with Crippen LogP contribution in [0.1, 0.15) is 30.1 Å². The van der Waals surface area contributed by atoms with E-state index in [1.807, 2.05) is 55.5 Å². The van der Waals surface area contributed by atoms with Gasteiger partial charge in [0.15, 0.2) is 5.82 Å². The number of fused-ring (bicyclic) bond motifs is 1. The normalized spacial score (nSPS) is 15.6. The van der Waals surface area contributed by atoms with Gasteiger partial charge in [0.25, 0.3) is 5.56 Å². The molecule has 1 unspecified atom stereocenters. The summed E-state index contributed by atoms with van der Waals surface area (Å²) in [7, 11) is 0. The summed E-state index contributed by atoms with van der Waals surface area (Å²) in [5.74, 6) is 1.08. The van der Waals surface area contributed by atoms with Gasteiger partial charge in [-0.25, -0.2) is 4.99 Å². The van der Waals surface area contributed by atoms with E-state index in [1.165, 1.54) is 6.34 Å². The molecular formula is C26H24ClN7O2. The maximum Gasteiger partial charge on any atom is 0.264 e. The fourth-order valence-electron chi connectivity index (χ4n) is 4.80. The molecule has 10 heteroatoms. The van der Waals surface area contributed by atoms with E-state index in [1.54, 1.807) is 10.6 Å². The van der Waals surface area contributed by atoms with Crippen molar-refractivity contribution in [3.63, 3.8) is 0 Å². The van der Waals surface area contributed by atoms with E-state index in [4.69, 9.17) is 17.3 Å². The summed E-state index contributed by atoms with van der Waals surface area (Å²) in [4.78, 5) is 39.6. The predicted octanol–water partition coefficient (Wildman–Crippen LogP) is 4.07. The van der Waals surface area contributed by atoms with Gasteiger partial charge in [0.2, 0.25) is 12.4 Å². The van der Waals surface area contributed by atoms with E-state index in [-0.39, 0.29) is 17.5 Å². The van der Waals surface area contributed by atoms with Gasteiger partial charge in [0, 0.05) is 23.5 Å². The average Bonchev–Trinajstić information content (AvgIpc) is 3.36. The van der Waals surface area contributed by atoms with Crippen molar-refractivity contribution in [3.05, 3.63) is 81.2 Å². The van der Waals surface area contributed by atoms with Crippen molar-refractivity contribution < 1.29 is 4.79 Å². The molecule has 0 spiro atoms. The van der Waals surface area contributed by atoms with Crippen molar-refractivity contribution in [1.29, 1.82) is 0 Å². The van der Waals surface area contributed by atoms with Crippen LogP contribution in [0.5, 0.6) is 0 Å².